The van der Waals surface area contributed by atoms with Gasteiger partial charge in [-0.1, -0.05) is 36.0 Å². The number of aromatic amines is 1. The molecule has 20 heavy (non-hydrogen) atoms. The van der Waals surface area contributed by atoms with Gasteiger partial charge in [0.25, 0.3) is 0 Å². The number of H-pyrrole nitrogens is 1. The summed E-state index contributed by atoms with van der Waals surface area (Å²) in [6.45, 7) is 0. The quantitative estimate of drug-likeness (QED) is 0.812. The smallest absolute Gasteiger partial charge is 0.298 e. The number of halogens is 4. The van der Waals surface area contributed by atoms with Gasteiger partial charge in [0.1, 0.15) is 10.3 Å². The molecule has 1 aromatic carbocycles. The standard InChI is InChI=1S/C12H8ClF3N2OS/c1-18-9(12(14,15)16)8(10(20)17-11(18)19)6-2-4-7(13)5-3-6/h2-5H,1H3,(H,17,19,20). The molecule has 8 heteroatoms. The first-order valence-corrected chi connectivity index (χ1v) is 6.17. The maximum absolute atomic E-state index is 13.2. The first-order chi connectivity index (χ1) is 9.21. The summed E-state index contributed by atoms with van der Waals surface area (Å²) in [5, 5.41) is 0.391. The van der Waals surface area contributed by atoms with Crippen LogP contribution in [0.4, 0.5) is 13.2 Å². The van der Waals surface area contributed by atoms with Crippen LogP contribution in [0.15, 0.2) is 29.1 Å². The molecule has 0 spiro atoms. The first-order valence-electron chi connectivity index (χ1n) is 5.38. The minimum absolute atomic E-state index is 0.235. The average molecular weight is 321 g/mol. The van der Waals surface area contributed by atoms with E-state index >= 15 is 0 Å². The van der Waals surface area contributed by atoms with Gasteiger partial charge in [0.2, 0.25) is 0 Å². The minimum atomic E-state index is -4.70. The van der Waals surface area contributed by atoms with Crippen LogP contribution in [0.5, 0.6) is 0 Å². The summed E-state index contributed by atoms with van der Waals surface area (Å²) in [7, 11) is 1.04. The predicted molar refractivity (Wildman–Crippen MR) is 72.3 cm³/mol. The van der Waals surface area contributed by atoms with Crippen LogP contribution in [0.3, 0.4) is 0 Å². The number of benzene rings is 1. The molecule has 0 aliphatic rings. The Morgan fingerprint density at radius 2 is 1.80 bits per heavy atom. The summed E-state index contributed by atoms with van der Waals surface area (Å²) >= 11 is 10.6. The molecule has 0 aliphatic carbocycles. The van der Waals surface area contributed by atoms with Gasteiger partial charge in [-0.3, -0.25) is 9.55 Å². The summed E-state index contributed by atoms with van der Waals surface area (Å²) in [5.74, 6) is 0. The third-order valence-electron chi connectivity index (χ3n) is 2.73. The van der Waals surface area contributed by atoms with E-state index in [0.717, 1.165) is 7.05 Å². The van der Waals surface area contributed by atoms with E-state index in [4.69, 9.17) is 23.8 Å². The fourth-order valence-corrected chi connectivity index (χ4v) is 2.26. The van der Waals surface area contributed by atoms with E-state index in [-0.39, 0.29) is 15.8 Å². The van der Waals surface area contributed by atoms with Gasteiger partial charge in [-0.15, -0.1) is 0 Å². The fraction of sp³-hybridized carbons (Fsp3) is 0.167. The largest absolute Gasteiger partial charge is 0.432 e. The second kappa shape index (κ2) is 5.06. The Labute approximate surface area is 121 Å². The third-order valence-corrected chi connectivity index (χ3v) is 3.28. The lowest BCUT2D eigenvalue weighted by molar-refractivity contribution is -0.143. The van der Waals surface area contributed by atoms with Crippen molar-refractivity contribution in [3.8, 4) is 11.1 Å². The zero-order valence-electron chi connectivity index (χ0n) is 10.1. The number of nitrogens with one attached hydrogen (secondary N) is 1. The fourth-order valence-electron chi connectivity index (χ4n) is 1.84. The van der Waals surface area contributed by atoms with Crippen molar-refractivity contribution in [2.45, 2.75) is 6.18 Å². The second-order valence-electron chi connectivity index (χ2n) is 4.05. The molecule has 1 heterocycles. The van der Waals surface area contributed by atoms with Gasteiger partial charge in [-0.05, 0) is 17.7 Å². The van der Waals surface area contributed by atoms with E-state index in [2.05, 4.69) is 4.98 Å². The molecule has 0 fully saturated rings. The molecule has 1 aromatic heterocycles. The molecule has 2 aromatic rings. The lowest BCUT2D eigenvalue weighted by Crippen LogP contribution is -2.29. The molecule has 0 bridgehead atoms. The van der Waals surface area contributed by atoms with Gasteiger partial charge in [0, 0.05) is 17.6 Å². The molecule has 0 saturated heterocycles. The third kappa shape index (κ3) is 2.64. The number of alkyl halides is 3. The van der Waals surface area contributed by atoms with Crippen LogP contribution in [-0.2, 0) is 13.2 Å². The highest BCUT2D eigenvalue weighted by Gasteiger charge is 2.37. The molecular formula is C12H8ClF3N2OS. The summed E-state index contributed by atoms with van der Waals surface area (Å²) in [4.78, 5) is 13.7. The Balaban J connectivity index is 2.89. The van der Waals surface area contributed by atoms with Crippen molar-refractivity contribution in [2.75, 3.05) is 0 Å². The highest BCUT2D eigenvalue weighted by molar-refractivity contribution is 7.71. The van der Waals surface area contributed by atoms with Crippen LogP contribution < -0.4 is 5.69 Å². The summed E-state index contributed by atoms with van der Waals surface area (Å²) < 4.78 is 39.8. The van der Waals surface area contributed by atoms with E-state index in [1.165, 1.54) is 24.3 Å². The zero-order chi connectivity index (χ0) is 15.1. The molecule has 0 unspecified atom stereocenters. The zero-order valence-corrected chi connectivity index (χ0v) is 11.7. The highest BCUT2D eigenvalue weighted by Crippen LogP contribution is 2.36. The maximum Gasteiger partial charge on any atom is 0.432 e. The number of aromatic nitrogens is 2. The Hall–Kier alpha value is -1.60. The van der Waals surface area contributed by atoms with E-state index < -0.39 is 17.6 Å². The van der Waals surface area contributed by atoms with Gasteiger partial charge in [-0.25, -0.2) is 4.79 Å². The average Bonchev–Trinajstić information content (AvgIpc) is 2.33. The number of rotatable bonds is 1. The van der Waals surface area contributed by atoms with Crippen LogP contribution >= 0.6 is 23.8 Å². The topological polar surface area (TPSA) is 37.8 Å². The van der Waals surface area contributed by atoms with Gasteiger partial charge < -0.3 is 0 Å². The van der Waals surface area contributed by atoms with Crippen molar-refractivity contribution in [3.05, 3.63) is 50.1 Å². The number of hydrogen-bond donors (Lipinski definition) is 1. The molecule has 0 saturated carbocycles. The van der Waals surface area contributed by atoms with Crippen molar-refractivity contribution < 1.29 is 13.2 Å². The van der Waals surface area contributed by atoms with E-state index in [0.29, 0.717) is 9.59 Å². The Bertz CT molecular complexity index is 762. The molecule has 1 N–H and O–H groups in total. The Morgan fingerprint density at radius 1 is 1.25 bits per heavy atom. The van der Waals surface area contributed by atoms with Gasteiger partial charge in [-0.2, -0.15) is 13.2 Å². The summed E-state index contributed by atoms with van der Waals surface area (Å²) in [6.07, 6.45) is -4.70. The molecular weight excluding hydrogens is 313 g/mol. The maximum atomic E-state index is 13.2. The monoisotopic (exact) mass is 320 g/mol. The molecule has 3 nitrogen and oxygen atoms in total. The van der Waals surface area contributed by atoms with Crippen molar-refractivity contribution in [1.82, 2.24) is 9.55 Å². The van der Waals surface area contributed by atoms with Crippen LogP contribution in [0.1, 0.15) is 5.69 Å². The van der Waals surface area contributed by atoms with Crippen molar-refractivity contribution >= 4 is 23.8 Å². The van der Waals surface area contributed by atoms with Crippen molar-refractivity contribution in [2.24, 2.45) is 7.05 Å². The van der Waals surface area contributed by atoms with E-state index in [1.807, 2.05) is 0 Å². The van der Waals surface area contributed by atoms with Gasteiger partial charge >= 0.3 is 11.9 Å². The normalized spacial score (nSPS) is 11.7. The lowest BCUT2D eigenvalue weighted by atomic mass is 10.1. The van der Waals surface area contributed by atoms with E-state index in [1.54, 1.807) is 0 Å². The molecule has 0 radical (unpaired) electrons. The van der Waals surface area contributed by atoms with Crippen LogP contribution in [-0.4, -0.2) is 9.55 Å². The van der Waals surface area contributed by atoms with Crippen LogP contribution in [0.2, 0.25) is 5.02 Å². The summed E-state index contributed by atoms with van der Waals surface area (Å²) in [6, 6.07) is 5.75. The number of nitrogens with zero attached hydrogens (tertiary/aromatic N) is 1. The SMILES string of the molecule is Cn1c(C(F)(F)F)c(-c2ccc(Cl)cc2)c(=S)[nH]c1=O. The lowest BCUT2D eigenvalue weighted by Gasteiger charge is -2.16. The Morgan fingerprint density at radius 3 is 2.30 bits per heavy atom. The minimum Gasteiger partial charge on any atom is -0.298 e. The molecule has 2 rings (SSSR count). The van der Waals surface area contributed by atoms with Gasteiger partial charge in [0.15, 0.2) is 0 Å². The molecule has 106 valence electrons. The highest BCUT2D eigenvalue weighted by atomic mass is 35.5. The summed E-state index contributed by atoms with van der Waals surface area (Å²) in [5.41, 5.74) is -2.02. The first kappa shape index (κ1) is 14.8. The van der Waals surface area contributed by atoms with Crippen LogP contribution in [0, 0.1) is 4.64 Å². The number of hydrogen-bond acceptors (Lipinski definition) is 2. The van der Waals surface area contributed by atoms with E-state index in [9.17, 15) is 18.0 Å². The Kier molecular flexibility index (Phi) is 3.75. The molecule has 0 amide bonds. The van der Waals surface area contributed by atoms with Crippen LogP contribution in [0.25, 0.3) is 11.1 Å². The molecule has 0 atom stereocenters. The predicted octanol–water partition coefficient (Wildman–Crippen LogP) is 3.78. The van der Waals surface area contributed by atoms with Crippen molar-refractivity contribution in [1.29, 1.82) is 0 Å². The molecule has 0 aliphatic heterocycles. The van der Waals surface area contributed by atoms with Crippen molar-refractivity contribution in [3.63, 3.8) is 0 Å². The second-order valence-corrected chi connectivity index (χ2v) is 4.89. The van der Waals surface area contributed by atoms with Gasteiger partial charge in [0.05, 0.1) is 0 Å².